The van der Waals surface area contributed by atoms with Crippen LogP contribution in [0.5, 0.6) is 0 Å². The molecule has 0 aromatic heterocycles. The summed E-state index contributed by atoms with van der Waals surface area (Å²) >= 11 is 0. The zero-order valence-corrected chi connectivity index (χ0v) is 6.28. The molecule has 0 unspecified atom stereocenters. The maximum absolute atomic E-state index is 13.1. The molecule has 1 saturated heterocycles. The molecule has 1 fully saturated rings. The second-order valence-corrected chi connectivity index (χ2v) is 3.09. The summed E-state index contributed by atoms with van der Waals surface area (Å²) in [5.74, 6) is -0.460. The maximum Gasteiger partial charge on any atom is 0.193 e. The maximum atomic E-state index is 13.1. The lowest BCUT2D eigenvalue weighted by atomic mass is 9.88. The predicted molar refractivity (Wildman–Crippen MR) is 36.6 cm³/mol. The van der Waals surface area contributed by atoms with E-state index in [-0.39, 0.29) is 24.8 Å². The van der Waals surface area contributed by atoms with E-state index >= 15 is 0 Å². The third-order valence-corrected chi connectivity index (χ3v) is 1.78. The van der Waals surface area contributed by atoms with E-state index in [0.717, 1.165) is 0 Å². The third kappa shape index (κ3) is 1.06. The van der Waals surface area contributed by atoms with Gasteiger partial charge >= 0.3 is 0 Å². The van der Waals surface area contributed by atoms with Crippen LogP contribution >= 0.6 is 0 Å². The molecule has 10 heavy (non-hydrogen) atoms. The smallest absolute Gasteiger partial charge is 0.193 e. The topological polar surface area (TPSA) is 29.1 Å². The third-order valence-electron chi connectivity index (χ3n) is 1.78. The van der Waals surface area contributed by atoms with Gasteiger partial charge in [-0.2, -0.15) is 0 Å². The van der Waals surface area contributed by atoms with Crippen LogP contribution in [0.25, 0.3) is 0 Å². The van der Waals surface area contributed by atoms with Gasteiger partial charge in [-0.05, 0) is 0 Å². The summed E-state index contributed by atoms with van der Waals surface area (Å²) in [5, 5.41) is 2.74. The minimum Gasteiger partial charge on any atom is -0.309 e. The summed E-state index contributed by atoms with van der Waals surface area (Å²) in [6.45, 7) is 3.85. The molecule has 0 spiro atoms. The first-order valence-corrected chi connectivity index (χ1v) is 3.50. The lowest BCUT2D eigenvalue weighted by Gasteiger charge is -2.34. The first kappa shape index (κ1) is 7.66. The van der Waals surface area contributed by atoms with Crippen LogP contribution in [0.2, 0.25) is 0 Å². The van der Waals surface area contributed by atoms with Crippen molar-refractivity contribution in [3.63, 3.8) is 0 Å². The molecule has 0 aliphatic carbocycles. The summed E-state index contributed by atoms with van der Waals surface area (Å²) in [6, 6.07) is 0. The van der Waals surface area contributed by atoms with Crippen LogP contribution in [-0.2, 0) is 4.79 Å². The van der Waals surface area contributed by atoms with Crippen molar-refractivity contribution in [3.05, 3.63) is 0 Å². The van der Waals surface area contributed by atoms with Crippen LogP contribution in [0, 0.1) is 5.92 Å². The van der Waals surface area contributed by atoms with Gasteiger partial charge in [-0.15, -0.1) is 0 Å². The van der Waals surface area contributed by atoms with Crippen molar-refractivity contribution in [2.45, 2.75) is 19.5 Å². The summed E-state index contributed by atoms with van der Waals surface area (Å²) in [6.07, 6.45) is 0. The summed E-state index contributed by atoms with van der Waals surface area (Å²) < 4.78 is 13.1. The highest BCUT2D eigenvalue weighted by molar-refractivity contribution is 5.90. The molecular weight excluding hydrogens is 133 g/mol. The normalized spacial score (nSPS) is 22.4. The standard InChI is InChI=1S/C7H12FNO/c1-5(2)6(10)7(8)3-9-4-7/h5,9H,3-4H2,1-2H3. The summed E-state index contributed by atoms with van der Waals surface area (Å²) in [4.78, 5) is 11.0. The molecule has 3 heteroatoms. The first-order chi connectivity index (χ1) is 4.56. The molecule has 0 radical (unpaired) electrons. The molecule has 0 bridgehead atoms. The minimum atomic E-state index is -1.55. The Labute approximate surface area is 59.8 Å². The van der Waals surface area contributed by atoms with Gasteiger partial charge in [0.05, 0.1) is 0 Å². The Morgan fingerprint density at radius 3 is 2.20 bits per heavy atom. The van der Waals surface area contributed by atoms with Crippen LogP contribution in [0.4, 0.5) is 4.39 Å². The fraction of sp³-hybridized carbons (Fsp3) is 0.857. The van der Waals surface area contributed by atoms with Crippen LogP contribution < -0.4 is 5.32 Å². The second kappa shape index (κ2) is 2.31. The number of carbonyl (C=O) groups is 1. The van der Waals surface area contributed by atoms with E-state index in [4.69, 9.17) is 0 Å². The average Bonchev–Trinajstić information content (AvgIpc) is 1.81. The number of hydrogen-bond donors (Lipinski definition) is 1. The molecule has 1 heterocycles. The Morgan fingerprint density at radius 2 is 2.10 bits per heavy atom. The fourth-order valence-corrected chi connectivity index (χ4v) is 1.04. The van der Waals surface area contributed by atoms with Crippen molar-refractivity contribution in [2.24, 2.45) is 5.92 Å². The monoisotopic (exact) mass is 145 g/mol. The van der Waals surface area contributed by atoms with Crippen molar-refractivity contribution in [1.29, 1.82) is 0 Å². The number of ketones is 1. The van der Waals surface area contributed by atoms with Crippen LogP contribution in [-0.4, -0.2) is 24.5 Å². The Balaban J connectivity index is 2.55. The number of Topliss-reactive ketones (excluding diaryl/α,β-unsaturated/α-hetero) is 1. The highest BCUT2D eigenvalue weighted by Crippen LogP contribution is 2.21. The lowest BCUT2D eigenvalue weighted by Crippen LogP contribution is -2.62. The molecular formula is C7H12FNO. The van der Waals surface area contributed by atoms with Crippen molar-refractivity contribution >= 4 is 5.78 Å². The van der Waals surface area contributed by atoms with E-state index in [1.54, 1.807) is 13.8 Å². The van der Waals surface area contributed by atoms with E-state index in [1.165, 1.54) is 0 Å². The Kier molecular flexibility index (Phi) is 1.77. The Hall–Kier alpha value is -0.440. The van der Waals surface area contributed by atoms with E-state index in [1.807, 2.05) is 0 Å². The molecule has 2 nitrogen and oxygen atoms in total. The highest BCUT2D eigenvalue weighted by Gasteiger charge is 2.45. The lowest BCUT2D eigenvalue weighted by molar-refractivity contribution is -0.136. The van der Waals surface area contributed by atoms with Gasteiger partial charge in [0, 0.05) is 19.0 Å². The molecule has 1 aliphatic rings. The zero-order chi connectivity index (χ0) is 7.78. The average molecular weight is 145 g/mol. The molecule has 0 aromatic carbocycles. The number of nitrogens with one attached hydrogen (secondary N) is 1. The first-order valence-electron chi connectivity index (χ1n) is 3.50. The second-order valence-electron chi connectivity index (χ2n) is 3.09. The highest BCUT2D eigenvalue weighted by atomic mass is 19.1. The van der Waals surface area contributed by atoms with Crippen molar-refractivity contribution < 1.29 is 9.18 Å². The van der Waals surface area contributed by atoms with Gasteiger partial charge < -0.3 is 5.32 Å². The van der Waals surface area contributed by atoms with Crippen LogP contribution in [0.15, 0.2) is 0 Å². The molecule has 0 aromatic rings. The van der Waals surface area contributed by atoms with E-state index in [2.05, 4.69) is 5.32 Å². The largest absolute Gasteiger partial charge is 0.309 e. The summed E-state index contributed by atoms with van der Waals surface area (Å²) in [5.41, 5.74) is -1.55. The molecule has 1 rings (SSSR count). The van der Waals surface area contributed by atoms with E-state index in [9.17, 15) is 9.18 Å². The van der Waals surface area contributed by atoms with Gasteiger partial charge in [0.25, 0.3) is 0 Å². The molecule has 0 amide bonds. The minimum absolute atomic E-state index is 0.188. The van der Waals surface area contributed by atoms with Gasteiger partial charge in [0.1, 0.15) is 0 Å². The van der Waals surface area contributed by atoms with E-state index in [0.29, 0.717) is 0 Å². The quantitative estimate of drug-likeness (QED) is 0.614. The van der Waals surface area contributed by atoms with Gasteiger partial charge in [-0.1, -0.05) is 13.8 Å². The van der Waals surface area contributed by atoms with Gasteiger partial charge in [-0.25, -0.2) is 4.39 Å². The number of hydrogen-bond acceptors (Lipinski definition) is 2. The number of halogens is 1. The molecule has 58 valence electrons. The Morgan fingerprint density at radius 1 is 1.60 bits per heavy atom. The number of carbonyl (C=O) groups excluding carboxylic acids is 1. The summed E-state index contributed by atoms with van der Waals surface area (Å²) in [7, 11) is 0. The van der Waals surface area contributed by atoms with Gasteiger partial charge in [0.2, 0.25) is 0 Å². The van der Waals surface area contributed by atoms with Gasteiger partial charge in [0.15, 0.2) is 11.5 Å². The number of rotatable bonds is 2. The Bertz CT molecular complexity index is 152. The number of alkyl halides is 1. The molecule has 1 N–H and O–H groups in total. The SMILES string of the molecule is CC(C)C(=O)C1(F)CNC1. The van der Waals surface area contributed by atoms with Gasteiger partial charge in [-0.3, -0.25) is 4.79 Å². The van der Waals surface area contributed by atoms with Crippen molar-refractivity contribution in [1.82, 2.24) is 5.32 Å². The van der Waals surface area contributed by atoms with E-state index < -0.39 is 5.67 Å². The molecule has 0 atom stereocenters. The van der Waals surface area contributed by atoms with Crippen molar-refractivity contribution in [2.75, 3.05) is 13.1 Å². The molecule has 0 saturated carbocycles. The van der Waals surface area contributed by atoms with Crippen molar-refractivity contribution in [3.8, 4) is 0 Å². The van der Waals surface area contributed by atoms with Crippen LogP contribution in [0.3, 0.4) is 0 Å². The zero-order valence-electron chi connectivity index (χ0n) is 6.28. The molecule has 1 aliphatic heterocycles. The predicted octanol–water partition coefficient (Wildman–Crippen LogP) is 0.523. The van der Waals surface area contributed by atoms with Crippen LogP contribution in [0.1, 0.15) is 13.8 Å². The fourth-order valence-electron chi connectivity index (χ4n) is 1.04.